The second kappa shape index (κ2) is 9.37. The van der Waals surface area contributed by atoms with Gasteiger partial charge in [0.1, 0.15) is 5.54 Å². The first-order valence-electron chi connectivity index (χ1n) is 8.19. The molecular weight excluding hydrogens is 262 g/mol. The van der Waals surface area contributed by atoms with Crippen LogP contribution >= 0.6 is 0 Å². The molecule has 0 aromatic heterocycles. The average molecular weight is 295 g/mol. The number of nitrogens with zero attached hydrogens (tertiary/aromatic N) is 4. The summed E-state index contributed by atoms with van der Waals surface area (Å²) in [7, 11) is 6.14. The molecule has 0 aromatic carbocycles. The monoisotopic (exact) mass is 295 g/mol. The van der Waals surface area contributed by atoms with E-state index in [0.29, 0.717) is 0 Å². The number of hydrogen-bond acceptors (Lipinski definition) is 5. The fourth-order valence-corrected chi connectivity index (χ4v) is 2.63. The Hall–Kier alpha value is -0.670. The first-order valence-corrected chi connectivity index (χ1v) is 8.19. The summed E-state index contributed by atoms with van der Waals surface area (Å²) in [5.74, 6) is 0. The molecule has 0 radical (unpaired) electrons. The van der Waals surface area contributed by atoms with Crippen LogP contribution in [0.1, 0.15) is 26.2 Å². The Labute approximate surface area is 130 Å². The van der Waals surface area contributed by atoms with Gasteiger partial charge in [-0.2, -0.15) is 5.26 Å². The molecule has 1 aliphatic heterocycles. The number of unbranched alkanes of at least 4 members (excludes halogenated alkanes) is 1. The molecule has 0 amide bonds. The molecule has 0 bridgehead atoms. The van der Waals surface area contributed by atoms with E-state index in [4.69, 9.17) is 5.26 Å². The van der Waals surface area contributed by atoms with Crippen molar-refractivity contribution in [2.75, 3.05) is 67.0 Å². The first-order chi connectivity index (χ1) is 9.99. The van der Waals surface area contributed by atoms with Gasteiger partial charge in [0.2, 0.25) is 0 Å². The number of hydrogen-bond donors (Lipinski definition) is 1. The van der Waals surface area contributed by atoms with Gasteiger partial charge in [0.15, 0.2) is 0 Å². The molecular formula is C16H33N5. The van der Waals surface area contributed by atoms with Gasteiger partial charge in [0, 0.05) is 39.3 Å². The quantitative estimate of drug-likeness (QED) is 0.639. The van der Waals surface area contributed by atoms with Crippen molar-refractivity contribution < 1.29 is 0 Å². The highest BCUT2D eigenvalue weighted by molar-refractivity contribution is 5.02. The largest absolute Gasteiger partial charge is 0.308 e. The zero-order valence-electron chi connectivity index (χ0n) is 14.4. The number of likely N-dealkylation sites (N-methyl/N-ethyl adjacent to an activating group) is 1. The number of nitriles is 1. The summed E-state index contributed by atoms with van der Waals surface area (Å²) >= 11 is 0. The third-order valence-electron chi connectivity index (χ3n) is 4.53. The summed E-state index contributed by atoms with van der Waals surface area (Å²) in [6.07, 6.45) is 3.24. The van der Waals surface area contributed by atoms with Crippen LogP contribution in [0, 0.1) is 11.3 Å². The van der Waals surface area contributed by atoms with Crippen molar-refractivity contribution in [2.24, 2.45) is 0 Å². The summed E-state index contributed by atoms with van der Waals surface area (Å²) < 4.78 is 0. The number of piperazine rings is 1. The van der Waals surface area contributed by atoms with Crippen molar-refractivity contribution in [3.05, 3.63) is 0 Å². The Bertz CT molecular complexity index is 317. The molecule has 21 heavy (non-hydrogen) atoms. The van der Waals surface area contributed by atoms with E-state index in [0.717, 1.165) is 19.4 Å². The van der Waals surface area contributed by atoms with E-state index in [1.807, 2.05) is 14.0 Å². The number of nitrogens with one attached hydrogen (secondary N) is 1. The van der Waals surface area contributed by atoms with Crippen LogP contribution in [0.5, 0.6) is 0 Å². The predicted molar refractivity (Wildman–Crippen MR) is 88.4 cm³/mol. The lowest BCUT2D eigenvalue weighted by molar-refractivity contribution is 0.123. The minimum Gasteiger partial charge on any atom is -0.308 e. The molecule has 1 unspecified atom stereocenters. The van der Waals surface area contributed by atoms with Gasteiger partial charge < -0.3 is 15.1 Å². The van der Waals surface area contributed by atoms with Crippen molar-refractivity contribution >= 4 is 0 Å². The second-order valence-corrected chi connectivity index (χ2v) is 6.64. The lowest BCUT2D eigenvalue weighted by Crippen LogP contribution is -2.48. The predicted octanol–water partition coefficient (Wildman–Crippen LogP) is 0.838. The summed E-state index contributed by atoms with van der Waals surface area (Å²) in [4.78, 5) is 7.37. The Morgan fingerprint density at radius 2 is 1.67 bits per heavy atom. The summed E-state index contributed by atoms with van der Waals surface area (Å²) in [5, 5.41) is 12.2. The Balaban J connectivity index is 2.10. The van der Waals surface area contributed by atoms with E-state index in [2.05, 4.69) is 40.2 Å². The molecule has 1 rings (SSSR count). The van der Waals surface area contributed by atoms with Crippen molar-refractivity contribution in [3.8, 4) is 6.07 Å². The molecule has 122 valence electrons. The maximum absolute atomic E-state index is 9.12. The zero-order chi connectivity index (χ0) is 15.7. The Morgan fingerprint density at radius 3 is 2.14 bits per heavy atom. The minimum absolute atomic E-state index is 0.356. The van der Waals surface area contributed by atoms with Crippen molar-refractivity contribution in [1.29, 1.82) is 5.26 Å². The van der Waals surface area contributed by atoms with E-state index < -0.39 is 0 Å². The Kier molecular flexibility index (Phi) is 8.20. The van der Waals surface area contributed by atoms with Crippen molar-refractivity contribution in [1.82, 2.24) is 20.0 Å². The minimum atomic E-state index is -0.356. The first kappa shape index (κ1) is 18.4. The van der Waals surface area contributed by atoms with Gasteiger partial charge in [0.25, 0.3) is 0 Å². The van der Waals surface area contributed by atoms with Gasteiger partial charge in [-0.25, -0.2) is 0 Å². The summed E-state index contributed by atoms with van der Waals surface area (Å²) in [5.41, 5.74) is -0.356. The maximum atomic E-state index is 9.12. The summed E-state index contributed by atoms with van der Waals surface area (Å²) in [6.45, 7) is 10.3. The third kappa shape index (κ3) is 7.23. The molecule has 0 saturated carbocycles. The SMILES string of the molecule is CNC(C)(C#N)CCCCN1CCN(CCN(C)C)CC1. The van der Waals surface area contributed by atoms with Crippen LogP contribution in [0.25, 0.3) is 0 Å². The molecule has 1 aliphatic rings. The third-order valence-corrected chi connectivity index (χ3v) is 4.53. The average Bonchev–Trinajstić information content (AvgIpc) is 2.50. The molecule has 0 spiro atoms. The molecule has 1 atom stereocenters. The fourth-order valence-electron chi connectivity index (χ4n) is 2.63. The second-order valence-electron chi connectivity index (χ2n) is 6.64. The van der Waals surface area contributed by atoms with Crippen LogP contribution in [0.2, 0.25) is 0 Å². The fraction of sp³-hybridized carbons (Fsp3) is 0.938. The highest BCUT2D eigenvalue weighted by Gasteiger charge is 2.21. The highest BCUT2D eigenvalue weighted by Crippen LogP contribution is 2.13. The zero-order valence-corrected chi connectivity index (χ0v) is 14.4. The summed E-state index contributed by atoms with van der Waals surface area (Å²) in [6, 6.07) is 2.36. The molecule has 0 aromatic rings. The number of rotatable bonds is 9. The standard InChI is InChI=1S/C16H33N5/c1-16(15-17,18-2)7-5-6-8-20-11-13-21(14-12-20)10-9-19(3)4/h18H,5-14H2,1-4H3. The molecule has 5 nitrogen and oxygen atoms in total. The topological polar surface area (TPSA) is 45.5 Å². The lowest BCUT2D eigenvalue weighted by atomic mass is 9.97. The van der Waals surface area contributed by atoms with E-state index in [1.165, 1.54) is 45.7 Å². The Morgan fingerprint density at radius 1 is 1.10 bits per heavy atom. The van der Waals surface area contributed by atoms with Gasteiger partial charge in [-0.15, -0.1) is 0 Å². The van der Waals surface area contributed by atoms with Crippen molar-refractivity contribution in [3.63, 3.8) is 0 Å². The molecule has 5 heteroatoms. The van der Waals surface area contributed by atoms with Gasteiger partial charge >= 0.3 is 0 Å². The van der Waals surface area contributed by atoms with Crippen LogP contribution in [0.4, 0.5) is 0 Å². The van der Waals surface area contributed by atoms with Gasteiger partial charge in [0.05, 0.1) is 6.07 Å². The molecule has 0 aliphatic carbocycles. The normalized spacial score (nSPS) is 20.4. The van der Waals surface area contributed by atoms with Gasteiger partial charge in [-0.1, -0.05) is 0 Å². The van der Waals surface area contributed by atoms with Crippen molar-refractivity contribution in [2.45, 2.75) is 31.7 Å². The van der Waals surface area contributed by atoms with E-state index in [1.54, 1.807) is 0 Å². The molecule has 1 fully saturated rings. The smallest absolute Gasteiger partial charge is 0.103 e. The van der Waals surface area contributed by atoms with E-state index in [9.17, 15) is 0 Å². The van der Waals surface area contributed by atoms with Crippen LogP contribution < -0.4 is 5.32 Å². The van der Waals surface area contributed by atoms with Crippen LogP contribution in [-0.2, 0) is 0 Å². The van der Waals surface area contributed by atoms with Crippen LogP contribution in [0.15, 0.2) is 0 Å². The van der Waals surface area contributed by atoms with E-state index >= 15 is 0 Å². The lowest BCUT2D eigenvalue weighted by Gasteiger charge is -2.35. The molecule has 1 saturated heterocycles. The molecule has 1 N–H and O–H groups in total. The van der Waals surface area contributed by atoms with Gasteiger partial charge in [-0.3, -0.25) is 4.90 Å². The van der Waals surface area contributed by atoms with Crippen LogP contribution in [0.3, 0.4) is 0 Å². The van der Waals surface area contributed by atoms with Crippen LogP contribution in [-0.4, -0.2) is 87.2 Å². The highest BCUT2D eigenvalue weighted by atomic mass is 15.3. The van der Waals surface area contributed by atoms with E-state index in [-0.39, 0.29) is 5.54 Å². The maximum Gasteiger partial charge on any atom is 0.103 e. The molecule has 1 heterocycles. The van der Waals surface area contributed by atoms with Gasteiger partial charge in [-0.05, 0) is 53.9 Å².